The highest BCUT2D eigenvalue weighted by Gasteiger charge is 2.59. The van der Waals surface area contributed by atoms with Gasteiger partial charge in [-0.1, -0.05) is 0 Å². The Hall–Kier alpha value is -1.82. The second-order valence-corrected chi connectivity index (χ2v) is 5.57. The van der Waals surface area contributed by atoms with E-state index in [1.165, 1.54) is 25.1 Å². The molecule has 3 nitrogen and oxygen atoms in total. The van der Waals surface area contributed by atoms with Crippen LogP contribution in [0.25, 0.3) is 11.0 Å². The van der Waals surface area contributed by atoms with E-state index in [0.29, 0.717) is 11.0 Å². The molecule has 0 unspecified atom stereocenters. The zero-order valence-electron chi connectivity index (χ0n) is 9.77. The summed E-state index contributed by atoms with van der Waals surface area (Å²) in [4.78, 5) is 4.77. The summed E-state index contributed by atoms with van der Waals surface area (Å²) in [5.41, 5.74) is 3.20. The largest absolute Gasteiger partial charge is 0.331 e. The second-order valence-electron chi connectivity index (χ2n) is 5.57. The Balaban J connectivity index is 1.94. The molecule has 0 spiro atoms. The minimum Gasteiger partial charge on any atom is -0.331 e. The van der Waals surface area contributed by atoms with Crippen LogP contribution in [0.15, 0.2) is 18.2 Å². The Kier molecular flexibility index (Phi) is 1.47. The van der Waals surface area contributed by atoms with Gasteiger partial charge in [0.1, 0.15) is 5.82 Å². The van der Waals surface area contributed by atoms with E-state index in [4.69, 9.17) is 10.2 Å². The van der Waals surface area contributed by atoms with Gasteiger partial charge in [0.05, 0.1) is 22.7 Å². The lowest BCUT2D eigenvalue weighted by atomic mass is 9.44. The number of benzene rings is 1. The summed E-state index contributed by atoms with van der Waals surface area (Å²) >= 11 is 0. The van der Waals surface area contributed by atoms with Crippen LogP contribution in [0.5, 0.6) is 0 Å². The van der Waals surface area contributed by atoms with Crippen molar-refractivity contribution >= 4 is 11.0 Å². The molecule has 0 radical (unpaired) electrons. The van der Waals surface area contributed by atoms with Crippen LogP contribution in [0.3, 0.4) is 0 Å². The molecule has 3 aliphatic carbocycles. The number of rotatable bonds is 1. The third-order valence-electron chi connectivity index (χ3n) is 4.52. The molecule has 1 heterocycles. The second kappa shape index (κ2) is 2.70. The van der Waals surface area contributed by atoms with E-state index in [-0.39, 0.29) is 0 Å². The van der Waals surface area contributed by atoms with E-state index in [0.717, 1.165) is 17.0 Å². The monoisotopic (exact) mass is 223 g/mol. The first-order valence-corrected chi connectivity index (χ1v) is 6.09. The van der Waals surface area contributed by atoms with Crippen molar-refractivity contribution in [2.45, 2.75) is 24.7 Å². The Labute approximate surface area is 99.7 Å². The van der Waals surface area contributed by atoms with Gasteiger partial charge in [-0.25, -0.2) is 4.98 Å². The lowest BCUT2D eigenvalue weighted by Crippen LogP contribution is -2.56. The lowest BCUT2D eigenvalue weighted by Gasteiger charge is -2.61. The molecule has 5 rings (SSSR count). The quantitative estimate of drug-likeness (QED) is 0.745. The van der Waals surface area contributed by atoms with Crippen molar-refractivity contribution in [1.29, 1.82) is 5.26 Å². The smallest absolute Gasteiger partial charge is 0.115 e. The first-order chi connectivity index (χ1) is 8.22. The maximum atomic E-state index is 8.94. The lowest BCUT2D eigenvalue weighted by molar-refractivity contribution is -0.0362. The van der Waals surface area contributed by atoms with Crippen molar-refractivity contribution in [3.05, 3.63) is 29.6 Å². The van der Waals surface area contributed by atoms with Gasteiger partial charge < -0.3 is 4.57 Å². The van der Waals surface area contributed by atoms with Gasteiger partial charge >= 0.3 is 0 Å². The van der Waals surface area contributed by atoms with Gasteiger partial charge in [-0.15, -0.1) is 0 Å². The van der Waals surface area contributed by atoms with Crippen LogP contribution in [-0.4, -0.2) is 9.55 Å². The summed E-state index contributed by atoms with van der Waals surface area (Å²) in [5.74, 6) is 2.19. The molecule has 2 bridgehead atoms. The molecular weight excluding hydrogens is 210 g/mol. The number of hydrogen-bond acceptors (Lipinski definition) is 2. The molecule has 0 atom stereocenters. The van der Waals surface area contributed by atoms with E-state index >= 15 is 0 Å². The first-order valence-electron chi connectivity index (χ1n) is 6.09. The number of aryl methyl sites for hydroxylation is 1. The molecule has 0 N–H and O–H groups in total. The van der Waals surface area contributed by atoms with Crippen LogP contribution in [0.4, 0.5) is 0 Å². The average Bonchev–Trinajstić information content (AvgIpc) is 2.52. The number of nitriles is 1. The van der Waals surface area contributed by atoms with E-state index in [1.54, 1.807) is 0 Å². The Morgan fingerprint density at radius 2 is 2.18 bits per heavy atom. The van der Waals surface area contributed by atoms with Gasteiger partial charge in [0.2, 0.25) is 0 Å². The van der Waals surface area contributed by atoms with Gasteiger partial charge in [-0.05, 0) is 43.4 Å². The fourth-order valence-corrected chi connectivity index (χ4v) is 3.49. The molecule has 3 saturated carbocycles. The normalized spacial score (nSPS) is 29.5. The summed E-state index contributed by atoms with van der Waals surface area (Å²) in [6.07, 6.45) is 3.94. The average molecular weight is 223 g/mol. The number of fused-ring (bicyclic) bond motifs is 1. The van der Waals surface area contributed by atoms with Crippen LogP contribution in [0.1, 0.15) is 30.7 Å². The van der Waals surface area contributed by atoms with Crippen LogP contribution < -0.4 is 0 Å². The van der Waals surface area contributed by atoms with Crippen LogP contribution in [0.2, 0.25) is 0 Å². The summed E-state index contributed by atoms with van der Waals surface area (Å²) in [5, 5.41) is 8.94. The molecule has 0 aliphatic heterocycles. The Morgan fingerprint density at radius 1 is 1.41 bits per heavy atom. The van der Waals surface area contributed by atoms with Crippen LogP contribution in [-0.2, 0) is 12.5 Å². The Bertz CT molecular complexity index is 658. The number of nitrogens with zero attached hydrogens (tertiary/aromatic N) is 3. The minimum absolute atomic E-state index is 0.380. The number of imidazole rings is 1. The summed E-state index contributed by atoms with van der Waals surface area (Å²) in [6.45, 7) is 0. The van der Waals surface area contributed by atoms with Crippen molar-refractivity contribution in [2.24, 2.45) is 13.0 Å². The zero-order chi connectivity index (χ0) is 11.6. The highest BCUT2D eigenvalue weighted by Crippen LogP contribution is 2.64. The van der Waals surface area contributed by atoms with Crippen molar-refractivity contribution < 1.29 is 0 Å². The fourth-order valence-electron chi connectivity index (χ4n) is 3.49. The molecule has 0 amide bonds. The molecule has 3 heteroatoms. The van der Waals surface area contributed by atoms with Crippen molar-refractivity contribution in [2.75, 3.05) is 0 Å². The maximum absolute atomic E-state index is 8.94. The molecule has 84 valence electrons. The van der Waals surface area contributed by atoms with Gasteiger partial charge in [0.25, 0.3) is 0 Å². The number of hydrogen-bond donors (Lipinski definition) is 0. The standard InChI is InChI=1S/C14H13N3/c1-17-12-4-9(8-15)2-3-11(12)16-13(17)14-5-10(6-14)7-14/h2-4,10H,5-7H2,1H3. The summed E-state index contributed by atoms with van der Waals surface area (Å²) < 4.78 is 2.19. The minimum atomic E-state index is 0.380. The van der Waals surface area contributed by atoms with Crippen molar-refractivity contribution in [3.63, 3.8) is 0 Å². The summed E-state index contributed by atoms with van der Waals surface area (Å²) in [7, 11) is 2.08. The first kappa shape index (κ1) is 9.23. The van der Waals surface area contributed by atoms with Gasteiger partial charge in [-0.2, -0.15) is 5.26 Å². The van der Waals surface area contributed by atoms with Gasteiger partial charge in [0.15, 0.2) is 0 Å². The maximum Gasteiger partial charge on any atom is 0.115 e. The van der Waals surface area contributed by atoms with Crippen LogP contribution >= 0.6 is 0 Å². The third kappa shape index (κ3) is 0.986. The van der Waals surface area contributed by atoms with Crippen molar-refractivity contribution in [1.82, 2.24) is 9.55 Å². The van der Waals surface area contributed by atoms with Crippen LogP contribution in [0, 0.1) is 17.2 Å². The summed E-state index contributed by atoms with van der Waals surface area (Å²) in [6, 6.07) is 7.94. The highest BCUT2D eigenvalue weighted by atomic mass is 15.1. The zero-order valence-corrected chi connectivity index (χ0v) is 9.77. The van der Waals surface area contributed by atoms with Gasteiger partial charge in [0, 0.05) is 12.5 Å². The predicted octanol–water partition coefficient (Wildman–Crippen LogP) is 2.50. The topological polar surface area (TPSA) is 41.6 Å². The highest BCUT2D eigenvalue weighted by molar-refractivity contribution is 5.78. The number of aromatic nitrogens is 2. The fraction of sp³-hybridized carbons (Fsp3) is 0.429. The molecule has 1 aromatic heterocycles. The molecule has 0 saturated heterocycles. The molecule has 1 aromatic carbocycles. The molecule has 3 fully saturated rings. The molecular formula is C14H13N3. The Morgan fingerprint density at radius 3 is 2.76 bits per heavy atom. The van der Waals surface area contributed by atoms with Gasteiger partial charge in [-0.3, -0.25) is 0 Å². The van der Waals surface area contributed by atoms with E-state index in [9.17, 15) is 0 Å². The van der Waals surface area contributed by atoms with Crippen molar-refractivity contribution in [3.8, 4) is 6.07 Å². The van der Waals surface area contributed by atoms with E-state index in [1.807, 2.05) is 18.2 Å². The predicted molar refractivity (Wildman–Crippen MR) is 64.4 cm³/mol. The van der Waals surface area contributed by atoms with E-state index in [2.05, 4.69) is 17.7 Å². The molecule has 2 aromatic rings. The van der Waals surface area contributed by atoms with E-state index < -0.39 is 0 Å². The molecule has 3 aliphatic rings. The third-order valence-corrected chi connectivity index (χ3v) is 4.52. The molecule has 17 heavy (non-hydrogen) atoms. The SMILES string of the molecule is Cn1c(C23CC(C2)C3)nc2ccc(C#N)cc21.